The van der Waals surface area contributed by atoms with Gasteiger partial charge in [0.1, 0.15) is 83.6 Å². The van der Waals surface area contributed by atoms with Gasteiger partial charge in [-0.3, -0.25) is 37.4 Å². The first kappa shape index (κ1) is 95.0. The van der Waals surface area contributed by atoms with Crippen molar-refractivity contribution in [2.75, 3.05) is 4.93 Å². The molecule has 0 saturated carbocycles. The molecule has 0 aliphatic heterocycles. The zero-order valence-electron chi connectivity index (χ0n) is 57.7. The Morgan fingerprint density at radius 2 is 0.853 bits per heavy atom. The number of nitrogens with zero attached hydrogens (tertiary/aromatic N) is 24. The third-order valence-corrected chi connectivity index (χ3v) is 18.3. The maximum atomic E-state index is 13.6. The van der Waals surface area contributed by atoms with Gasteiger partial charge in [0.15, 0.2) is 39.8 Å². The van der Waals surface area contributed by atoms with Crippen LogP contribution in [0.5, 0.6) is 0 Å². The molecule has 0 radical (unpaired) electrons. The molecule has 15 aromatic heterocycles. The first-order valence-corrected chi connectivity index (χ1v) is 59.1. The van der Waals surface area contributed by atoms with Crippen LogP contribution in [0.15, 0.2) is 131 Å². The molecule has 0 saturated heterocycles. The number of pyridine rings is 4. The Morgan fingerprint density at radius 1 is 0.509 bits per heavy atom. The summed E-state index contributed by atoms with van der Waals surface area (Å²) in [5, 5.41) is 68.9. The molecule has 54 heteroatoms. The van der Waals surface area contributed by atoms with Crippen molar-refractivity contribution in [1.82, 2.24) is 128 Å². The number of alkyl halides is 9. The van der Waals surface area contributed by atoms with Gasteiger partial charge in [0.2, 0.25) is 0 Å². The predicted octanol–water partition coefficient (Wildman–Crippen LogP) is 17.9. The summed E-state index contributed by atoms with van der Waals surface area (Å²) < 4.78 is 117. The molecule has 0 aliphatic carbocycles. The second-order valence-corrected chi connectivity index (χ2v) is 73.5. The third-order valence-electron chi connectivity index (χ3n) is 15.5. The van der Waals surface area contributed by atoms with Crippen LogP contribution in [0, 0.1) is 6.92 Å². The van der Waals surface area contributed by atoms with Gasteiger partial charge in [-0.1, -0.05) is 64.7 Å². The first-order chi connectivity index (χ1) is 54.8. The van der Waals surface area contributed by atoms with Crippen LogP contribution in [-0.4, -0.2) is 178 Å². The number of fused-ring (bicyclic) bond motifs is 4. The molecular formula is C62H50Br3F8I6N26O8SV2. The molecule has 0 aromatic carbocycles. The van der Waals surface area contributed by atoms with Crippen molar-refractivity contribution in [1.29, 1.82) is 0 Å². The predicted molar refractivity (Wildman–Crippen MR) is 457 cm³/mol. The maximum absolute atomic E-state index is 13.6. The minimum atomic E-state index is -3.20. The summed E-state index contributed by atoms with van der Waals surface area (Å²) in [6.45, 7) is 5.70. The van der Waals surface area contributed by atoms with Gasteiger partial charge >= 0.3 is 132 Å². The van der Waals surface area contributed by atoms with Gasteiger partial charge < -0.3 is 15.3 Å². The fourth-order valence-corrected chi connectivity index (χ4v) is 12.5. The number of hydrogen-bond donors (Lipinski definition) is 5. The Morgan fingerprint density at radius 3 is 1.18 bits per heavy atom. The zero-order valence-corrected chi connectivity index (χ0v) is 79.0. The number of H-pyrrole nitrogens is 2. The number of halogens is 17. The van der Waals surface area contributed by atoms with Crippen molar-refractivity contribution in [3.8, 4) is 33.3 Å². The van der Waals surface area contributed by atoms with E-state index in [1.165, 1.54) is 70.6 Å². The van der Waals surface area contributed by atoms with Crippen molar-refractivity contribution >= 4 is 234 Å². The van der Waals surface area contributed by atoms with Crippen LogP contribution >= 0.6 is 182 Å². The minimum absolute atomic E-state index is 0. The molecule has 116 heavy (non-hydrogen) atoms. The van der Waals surface area contributed by atoms with E-state index < -0.39 is 60.7 Å². The average Bonchev–Trinajstić information content (AvgIpc) is 1.61. The van der Waals surface area contributed by atoms with E-state index in [0.717, 1.165) is 54.2 Å². The SMILES string of the molecule is C.CC(CC(=O)c1cc(-n2nncc2C(F)F)c2ncc(Br)n2c1)c1ncn[nH]1.CI.Cc1ccc(-c2cnc3c(-n4nncc4C(F)F)cc(C(=O)CC(C)c4ncn[nH]4)cn23)s1.O=C(O)c1cc(-n2nnc(C(=O)O)c2C(F)F)c2ncc(Br)n2c1.O=C(O)c1cc(-n2nncc2C(F)F)c2ncc(Br)n2c1.[I][V]([I])[I].[I][V][I]. The Bertz CT molecular complexity index is 5910. The molecule has 0 spiro atoms. The number of carbonyl (C=O) groups excluding carboxylic acids is 2. The number of hydrogen-bond acceptors (Lipinski definition) is 22. The number of thiophene rings is 1. The molecule has 611 valence electrons. The van der Waals surface area contributed by atoms with Crippen molar-refractivity contribution in [3.05, 3.63) is 198 Å². The number of rotatable bonds is 20. The number of carboxylic acid groups (broad SMARTS) is 3. The monoisotopic (exact) mass is 2570 g/mol. The summed E-state index contributed by atoms with van der Waals surface area (Å²) in [6, 6.07) is 9.25. The fraction of sp³-hybridized carbons (Fsp3) is 0.210. The third kappa shape index (κ3) is 22.7. The van der Waals surface area contributed by atoms with E-state index in [1.54, 1.807) is 38.7 Å². The molecule has 15 heterocycles. The Hall–Kier alpha value is -6.52. The van der Waals surface area contributed by atoms with Crippen LogP contribution in [-0.2, 0) is 14.4 Å². The zero-order chi connectivity index (χ0) is 84.0. The van der Waals surface area contributed by atoms with E-state index in [0.29, 0.717) is 62.0 Å². The number of aromatic amines is 2. The summed E-state index contributed by atoms with van der Waals surface area (Å²) in [6.07, 6.45) is 6.22. The van der Waals surface area contributed by atoms with Gasteiger partial charge in [-0.05, 0) is 96.0 Å². The summed E-state index contributed by atoms with van der Waals surface area (Å²) >= 11 is 25.6. The van der Waals surface area contributed by atoms with Gasteiger partial charge in [-0.15, -0.1) is 31.7 Å². The van der Waals surface area contributed by atoms with Crippen LogP contribution < -0.4 is 0 Å². The van der Waals surface area contributed by atoms with Gasteiger partial charge in [-0.2, -0.15) is 10.2 Å². The summed E-state index contributed by atoms with van der Waals surface area (Å²) in [5.74, 6) is -3.75. The van der Waals surface area contributed by atoms with E-state index in [9.17, 15) is 64.2 Å². The number of ketones is 2. The summed E-state index contributed by atoms with van der Waals surface area (Å²) in [7, 11) is 0.628. The molecule has 0 aliphatic rings. The van der Waals surface area contributed by atoms with E-state index in [2.05, 4.69) is 262 Å². The molecule has 0 bridgehead atoms. The Balaban J connectivity index is 0.000000188. The second kappa shape index (κ2) is 43.6. The normalized spacial score (nSPS) is 11.6. The summed E-state index contributed by atoms with van der Waals surface area (Å²) in [4.78, 5) is 88.2. The first-order valence-electron chi connectivity index (χ1n) is 31.3. The van der Waals surface area contributed by atoms with Crippen LogP contribution in [0.3, 0.4) is 0 Å². The van der Waals surface area contributed by atoms with Crippen molar-refractivity contribution < 1.29 is 88.8 Å². The molecule has 15 rings (SSSR count). The van der Waals surface area contributed by atoms with Crippen LogP contribution in [0.1, 0.15) is 163 Å². The molecule has 2 unspecified atom stereocenters. The van der Waals surface area contributed by atoms with Crippen molar-refractivity contribution in [2.24, 2.45) is 0 Å². The number of carbonyl (C=O) groups is 5. The van der Waals surface area contributed by atoms with Crippen LogP contribution in [0.25, 0.3) is 55.9 Å². The van der Waals surface area contributed by atoms with Gasteiger partial charge in [0.25, 0.3) is 25.7 Å². The topological polar surface area (TPSA) is 421 Å². The number of carboxylic acids is 3. The number of aromatic nitrogens is 26. The number of Topliss-reactive ketones (excluding diaryl/α,β-unsaturated/α-hetero) is 2. The molecule has 5 N–H and O–H groups in total. The molecular weight excluding hydrogens is 2520 g/mol. The molecule has 2 atom stereocenters. The van der Waals surface area contributed by atoms with E-state index in [4.69, 9.17) is 10.2 Å². The van der Waals surface area contributed by atoms with Gasteiger partial charge in [-0.25, -0.2) is 98.1 Å². The Labute approximate surface area is 755 Å². The Kier molecular flexibility index (Phi) is 35.7. The fourth-order valence-electron chi connectivity index (χ4n) is 10.5. The van der Waals surface area contributed by atoms with E-state index >= 15 is 0 Å². The van der Waals surface area contributed by atoms with Crippen LogP contribution in [0.2, 0.25) is 0 Å². The van der Waals surface area contributed by atoms with Crippen molar-refractivity contribution in [3.63, 3.8) is 0 Å². The summed E-state index contributed by atoms with van der Waals surface area (Å²) in [5.41, 5.74) is -0.446. The molecule has 15 aromatic rings. The second-order valence-electron chi connectivity index (χ2n) is 22.6. The number of aryl methyl sites for hydroxylation is 1. The molecule has 0 amide bonds. The van der Waals surface area contributed by atoms with Crippen LogP contribution in [0.4, 0.5) is 35.1 Å². The molecule has 34 nitrogen and oxygen atoms in total. The quantitative estimate of drug-likeness (QED) is 0.0205. The number of imidazole rings is 4. The standard InChI is InChI=1S/C21H18F2N8OS.C16H13BrF2N8O.C12H6BrF2N5O4.C11H6BrF2N5O2.CH3I.CH4.5HI.2V/c1-11(20-25-10-27-28-20)5-17(32)13-6-14(31-16(19(22)23)8-26-29-31)21-24-7-15(30(21)9-13)18-4-3-12(2)33-18;1-8(15-21-7-23-24-15)2-12(28)9-3-10(16-20-5-13(17)26(16)6-9)27-11(14(18)19)4-22-25-27;13-6-2-16-10-5(1-4(11(21)22)3-19(6)10)20-8(9(14)15)7(12(23)24)17-18-20;12-8-3-15-10-6(1-5(11(20)21)4-18(8)10)19-7(9(13)14)2-16-17-19;1-2;;;;;;;;/h3-4,6-11,19H,5H2,1-2H3,(H,25,27,28);3-8,14H,2H2,1H3,(H,21,23,24);1-3,9H,(H,21,22)(H,23,24);1-4,9H,(H,20,21);1H3;1H4;5*1H;;/q;;;;;;;;;;;+2;+3/p-5. The van der Waals surface area contributed by atoms with Gasteiger partial charge in [0, 0.05) is 65.5 Å². The van der Waals surface area contributed by atoms with Crippen molar-refractivity contribution in [2.45, 2.75) is 78.6 Å². The van der Waals surface area contributed by atoms with E-state index in [-0.39, 0.29) is 105 Å². The number of nitrogens with one attached hydrogen (secondary N) is 2. The number of aromatic carboxylic acids is 3. The average molecular weight is 2570 g/mol. The molecule has 0 fully saturated rings. The van der Waals surface area contributed by atoms with Gasteiger partial charge in [0.05, 0.1) is 65.1 Å². The van der Waals surface area contributed by atoms with E-state index in [1.807, 2.05) is 37.8 Å².